The summed E-state index contributed by atoms with van der Waals surface area (Å²) < 4.78 is 3.36. The molecule has 202 valence electrons. The summed E-state index contributed by atoms with van der Waals surface area (Å²) in [4.78, 5) is 23.8. The zero-order chi connectivity index (χ0) is 28.0. The van der Waals surface area contributed by atoms with E-state index in [0.29, 0.717) is 13.1 Å². The molecule has 6 nitrogen and oxygen atoms in total. The van der Waals surface area contributed by atoms with Crippen molar-refractivity contribution in [3.05, 3.63) is 117 Å². The van der Waals surface area contributed by atoms with E-state index < -0.39 is 5.97 Å². The van der Waals surface area contributed by atoms with Crippen LogP contribution >= 0.6 is 0 Å². The number of aryl methyl sites for hydroxylation is 2. The Bertz CT molecular complexity index is 1500. The summed E-state index contributed by atoms with van der Waals surface area (Å²) in [5.74, 6) is -0.130. The number of carboxylic acids is 1. The smallest absolute Gasteiger partial charge is 0.346 e. The number of hydrogen-bond donors (Lipinski definition) is 1. The van der Waals surface area contributed by atoms with Crippen LogP contribution in [-0.2, 0) is 36.1 Å². The van der Waals surface area contributed by atoms with Crippen LogP contribution in [0.2, 0.25) is 0 Å². The first kappa shape index (κ1) is 27.8. The average molecular weight is 524 g/mol. The van der Waals surface area contributed by atoms with Gasteiger partial charge in [-0.25, -0.2) is 14.3 Å². The van der Waals surface area contributed by atoms with Crippen LogP contribution in [0.4, 0.5) is 0 Å². The summed E-state index contributed by atoms with van der Waals surface area (Å²) in [6.07, 6.45) is 5.26. The quantitative estimate of drug-likeness (QED) is 0.246. The Kier molecular flexibility index (Phi) is 8.65. The van der Waals surface area contributed by atoms with Crippen molar-refractivity contribution in [2.75, 3.05) is 0 Å². The molecule has 0 saturated heterocycles. The van der Waals surface area contributed by atoms with E-state index in [1.54, 1.807) is 15.3 Å². The van der Waals surface area contributed by atoms with Gasteiger partial charge in [0.1, 0.15) is 5.82 Å². The molecule has 3 aromatic carbocycles. The fraction of sp³-hybridized carbons (Fsp3) is 0.303. The Balaban J connectivity index is 1.38. The van der Waals surface area contributed by atoms with E-state index in [0.717, 1.165) is 53.4 Å². The van der Waals surface area contributed by atoms with Crippen LogP contribution in [0.1, 0.15) is 62.2 Å². The molecule has 6 heteroatoms. The molecule has 1 heterocycles. The van der Waals surface area contributed by atoms with E-state index in [1.165, 1.54) is 11.1 Å². The van der Waals surface area contributed by atoms with Gasteiger partial charge in [-0.15, -0.1) is 0 Å². The predicted octanol–water partition coefficient (Wildman–Crippen LogP) is 6.35. The van der Waals surface area contributed by atoms with Crippen LogP contribution in [0.25, 0.3) is 17.2 Å². The van der Waals surface area contributed by atoms with Crippen LogP contribution in [0, 0.1) is 0 Å². The highest BCUT2D eigenvalue weighted by atomic mass is 16.4. The number of nitrogens with zero attached hydrogens (tertiary/aromatic N) is 3. The van der Waals surface area contributed by atoms with Crippen LogP contribution in [-0.4, -0.2) is 25.4 Å². The van der Waals surface area contributed by atoms with Crippen molar-refractivity contribution in [1.29, 1.82) is 0 Å². The monoisotopic (exact) mass is 523 g/mol. The normalized spacial score (nSPS) is 11.8. The Morgan fingerprint density at radius 1 is 0.923 bits per heavy atom. The third kappa shape index (κ3) is 7.23. The first-order valence-electron chi connectivity index (χ1n) is 13.5. The zero-order valence-electron chi connectivity index (χ0n) is 23.2. The first-order chi connectivity index (χ1) is 18.6. The van der Waals surface area contributed by atoms with Crippen molar-refractivity contribution in [3.8, 4) is 11.1 Å². The molecule has 0 aliphatic rings. The summed E-state index contributed by atoms with van der Waals surface area (Å²) in [6, 6.07) is 24.7. The molecule has 0 fully saturated rings. The molecule has 0 saturated carbocycles. The molecule has 0 atom stereocenters. The molecule has 0 spiro atoms. The second kappa shape index (κ2) is 12.1. The standard InChI is InChI=1S/C33H37N3O3/c1-5-35-30(34-36(32(35)39)23-26-14-19-29(20-15-26)33(2,3)4)11-7-8-24-12-17-27(18-13-24)28-10-6-9-25(22-28)16-21-31(37)38/h6,9-10,12-22H,5,7-8,11,23H2,1-4H3,(H,37,38)/b21-16+. The minimum atomic E-state index is -0.960. The van der Waals surface area contributed by atoms with Gasteiger partial charge in [-0.05, 0) is 70.7 Å². The van der Waals surface area contributed by atoms with E-state index in [-0.39, 0.29) is 11.1 Å². The Labute approximate surface area is 230 Å². The average Bonchev–Trinajstić information content (AvgIpc) is 3.21. The lowest BCUT2D eigenvalue weighted by Crippen LogP contribution is -2.25. The second-order valence-corrected chi connectivity index (χ2v) is 10.9. The first-order valence-corrected chi connectivity index (χ1v) is 13.5. The minimum Gasteiger partial charge on any atom is -0.478 e. The summed E-state index contributed by atoms with van der Waals surface area (Å²) >= 11 is 0. The highest BCUT2D eigenvalue weighted by molar-refractivity contribution is 5.85. The Morgan fingerprint density at radius 2 is 1.62 bits per heavy atom. The van der Waals surface area contributed by atoms with Gasteiger partial charge in [0.2, 0.25) is 0 Å². The van der Waals surface area contributed by atoms with Crippen molar-refractivity contribution in [2.45, 2.75) is 65.5 Å². The maximum Gasteiger partial charge on any atom is 0.346 e. The van der Waals surface area contributed by atoms with Crippen molar-refractivity contribution in [2.24, 2.45) is 0 Å². The van der Waals surface area contributed by atoms with E-state index in [9.17, 15) is 9.59 Å². The molecule has 0 aliphatic heterocycles. The zero-order valence-corrected chi connectivity index (χ0v) is 23.2. The van der Waals surface area contributed by atoms with E-state index in [2.05, 4.69) is 69.3 Å². The molecule has 4 rings (SSSR count). The third-order valence-electron chi connectivity index (χ3n) is 6.93. The van der Waals surface area contributed by atoms with Gasteiger partial charge >= 0.3 is 11.7 Å². The lowest BCUT2D eigenvalue weighted by Gasteiger charge is -2.19. The largest absolute Gasteiger partial charge is 0.478 e. The number of rotatable bonds is 10. The number of carbonyl (C=O) groups is 1. The molecule has 0 bridgehead atoms. The maximum absolute atomic E-state index is 13.0. The van der Waals surface area contributed by atoms with E-state index in [1.807, 2.05) is 31.2 Å². The lowest BCUT2D eigenvalue weighted by atomic mass is 9.87. The van der Waals surface area contributed by atoms with Gasteiger partial charge in [0.25, 0.3) is 0 Å². The maximum atomic E-state index is 13.0. The number of aliphatic carboxylic acids is 1. The van der Waals surface area contributed by atoms with Crippen LogP contribution in [0.5, 0.6) is 0 Å². The third-order valence-corrected chi connectivity index (χ3v) is 6.93. The Hall–Kier alpha value is -4.19. The van der Waals surface area contributed by atoms with Gasteiger partial charge < -0.3 is 5.11 Å². The van der Waals surface area contributed by atoms with Crippen LogP contribution < -0.4 is 5.69 Å². The topological polar surface area (TPSA) is 77.1 Å². The van der Waals surface area contributed by atoms with Gasteiger partial charge in [0.05, 0.1) is 6.54 Å². The van der Waals surface area contributed by atoms with Gasteiger partial charge in [-0.2, -0.15) is 5.10 Å². The minimum absolute atomic E-state index is 0.0582. The van der Waals surface area contributed by atoms with Crippen molar-refractivity contribution >= 4 is 12.0 Å². The van der Waals surface area contributed by atoms with Gasteiger partial charge in [0.15, 0.2) is 0 Å². The highest BCUT2D eigenvalue weighted by Crippen LogP contribution is 2.23. The van der Waals surface area contributed by atoms with Gasteiger partial charge in [-0.3, -0.25) is 4.57 Å². The predicted molar refractivity (Wildman–Crippen MR) is 157 cm³/mol. The molecule has 4 aromatic rings. The molecular formula is C33H37N3O3. The lowest BCUT2D eigenvalue weighted by molar-refractivity contribution is -0.131. The fourth-order valence-corrected chi connectivity index (χ4v) is 4.68. The number of carboxylic acid groups (broad SMARTS) is 1. The molecule has 0 unspecified atom stereocenters. The summed E-state index contributed by atoms with van der Waals surface area (Å²) in [6.45, 7) is 9.64. The molecule has 1 aromatic heterocycles. The van der Waals surface area contributed by atoms with Crippen LogP contribution in [0.3, 0.4) is 0 Å². The summed E-state index contributed by atoms with van der Waals surface area (Å²) in [7, 11) is 0. The second-order valence-electron chi connectivity index (χ2n) is 10.9. The fourth-order valence-electron chi connectivity index (χ4n) is 4.68. The van der Waals surface area contributed by atoms with Gasteiger partial charge in [-0.1, -0.05) is 87.5 Å². The molecule has 0 aliphatic carbocycles. The molecule has 1 N–H and O–H groups in total. The molecule has 0 radical (unpaired) electrons. The van der Waals surface area contributed by atoms with E-state index >= 15 is 0 Å². The summed E-state index contributed by atoms with van der Waals surface area (Å²) in [5, 5.41) is 13.6. The van der Waals surface area contributed by atoms with E-state index in [4.69, 9.17) is 10.2 Å². The number of hydrogen-bond acceptors (Lipinski definition) is 3. The highest BCUT2D eigenvalue weighted by Gasteiger charge is 2.15. The van der Waals surface area contributed by atoms with Crippen LogP contribution in [0.15, 0.2) is 83.7 Å². The number of aromatic nitrogens is 3. The molecular weight excluding hydrogens is 486 g/mol. The van der Waals surface area contributed by atoms with Crippen molar-refractivity contribution < 1.29 is 9.90 Å². The molecule has 0 amide bonds. The molecule has 39 heavy (non-hydrogen) atoms. The van der Waals surface area contributed by atoms with Crippen molar-refractivity contribution in [1.82, 2.24) is 14.3 Å². The van der Waals surface area contributed by atoms with Gasteiger partial charge in [0, 0.05) is 19.0 Å². The number of benzene rings is 3. The summed E-state index contributed by atoms with van der Waals surface area (Å²) in [5.41, 5.74) is 6.58. The Morgan fingerprint density at radius 3 is 2.26 bits per heavy atom. The SMILES string of the molecule is CCn1c(CCCc2ccc(-c3cccc(/C=C/C(=O)O)c3)cc2)nn(Cc2ccc(C(C)(C)C)cc2)c1=O. The van der Waals surface area contributed by atoms with Crippen molar-refractivity contribution in [3.63, 3.8) is 0 Å².